The Balaban J connectivity index is 1.93. The molecule has 1 aliphatic carbocycles. The Morgan fingerprint density at radius 3 is 2.94 bits per heavy atom. The van der Waals surface area contributed by atoms with Gasteiger partial charge in [-0.3, -0.25) is 4.79 Å². The summed E-state index contributed by atoms with van der Waals surface area (Å²) in [6.07, 6.45) is 4.59. The molecule has 0 aliphatic heterocycles. The molecule has 0 aromatic heterocycles. The normalized spacial score (nSPS) is 16.3. The molecule has 0 saturated heterocycles. The molecule has 1 amide bonds. The van der Waals surface area contributed by atoms with Crippen LogP contribution in [0.2, 0.25) is 0 Å². The van der Waals surface area contributed by atoms with E-state index in [0.717, 1.165) is 23.9 Å². The summed E-state index contributed by atoms with van der Waals surface area (Å²) in [5.74, 6) is 0.924. The molecule has 1 fully saturated rings. The molecule has 2 nitrogen and oxygen atoms in total. The number of nitrogens with one attached hydrogen (secondary N) is 1. The van der Waals surface area contributed by atoms with Gasteiger partial charge in [0.05, 0.1) is 0 Å². The first kappa shape index (κ1) is 13.6. The molecule has 2 rings (SSSR count). The molecular formula is C15H20BrNO. The third kappa shape index (κ3) is 3.84. The Hall–Kier alpha value is -0.830. The molecule has 1 aliphatic rings. The Labute approximate surface area is 117 Å². The van der Waals surface area contributed by atoms with Crippen LogP contribution in [-0.4, -0.2) is 11.2 Å². The van der Waals surface area contributed by atoms with Crippen LogP contribution in [0.15, 0.2) is 24.3 Å². The monoisotopic (exact) mass is 309 g/mol. The molecule has 1 aromatic rings. The number of rotatable bonds is 6. The number of alkyl halides is 1. The lowest BCUT2D eigenvalue weighted by molar-refractivity contribution is -0.119. The van der Waals surface area contributed by atoms with Crippen molar-refractivity contribution < 1.29 is 4.79 Å². The highest BCUT2D eigenvalue weighted by atomic mass is 79.9. The van der Waals surface area contributed by atoms with Crippen molar-refractivity contribution >= 4 is 27.5 Å². The SMILES string of the molecule is CC(C(=O)Nc1cccc(CCCBr)c1)C1CC1. The maximum Gasteiger partial charge on any atom is 0.227 e. The zero-order chi connectivity index (χ0) is 13.0. The summed E-state index contributed by atoms with van der Waals surface area (Å²) in [4.78, 5) is 12.0. The van der Waals surface area contributed by atoms with Gasteiger partial charge in [0.2, 0.25) is 5.91 Å². The highest BCUT2D eigenvalue weighted by Gasteiger charge is 2.32. The van der Waals surface area contributed by atoms with Crippen LogP contribution in [-0.2, 0) is 11.2 Å². The standard InChI is InChI=1S/C15H20BrNO/c1-11(13-7-8-13)15(18)17-14-6-2-4-12(10-14)5-3-9-16/h2,4,6,10-11,13H,3,5,7-9H2,1H3,(H,17,18). The molecule has 1 atom stereocenters. The summed E-state index contributed by atoms with van der Waals surface area (Å²) < 4.78 is 0. The molecule has 0 spiro atoms. The summed E-state index contributed by atoms with van der Waals surface area (Å²) in [6.45, 7) is 2.03. The fraction of sp³-hybridized carbons (Fsp3) is 0.533. The van der Waals surface area contributed by atoms with Gasteiger partial charge < -0.3 is 5.32 Å². The number of anilines is 1. The summed E-state index contributed by atoms with van der Waals surface area (Å²) in [5, 5.41) is 4.05. The summed E-state index contributed by atoms with van der Waals surface area (Å²) in [6, 6.07) is 8.18. The second kappa shape index (κ2) is 6.37. The van der Waals surface area contributed by atoms with Crippen molar-refractivity contribution in [2.24, 2.45) is 11.8 Å². The van der Waals surface area contributed by atoms with Crippen molar-refractivity contribution in [1.29, 1.82) is 0 Å². The van der Waals surface area contributed by atoms with Gasteiger partial charge in [0.15, 0.2) is 0 Å². The first-order valence-electron chi connectivity index (χ1n) is 6.66. The van der Waals surface area contributed by atoms with E-state index in [1.165, 1.54) is 18.4 Å². The number of amides is 1. The van der Waals surface area contributed by atoms with Gasteiger partial charge >= 0.3 is 0 Å². The number of carbonyl (C=O) groups excluding carboxylic acids is 1. The van der Waals surface area contributed by atoms with E-state index in [9.17, 15) is 4.79 Å². The number of aryl methyl sites for hydroxylation is 1. The van der Waals surface area contributed by atoms with Gasteiger partial charge in [0, 0.05) is 16.9 Å². The van der Waals surface area contributed by atoms with Crippen LogP contribution in [0.4, 0.5) is 5.69 Å². The van der Waals surface area contributed by atoms with Gasteiger partial charge in [0.1, 0.15) is 0 Å². The first-order chi connectivity index (χ1) is 8.70. The van der Waals surface area contributed by atoms with Gasteiger partial charge in [-0.25, -0.2) is 0 Å². The third-order valence-electron chi connectivity index (χ3n) is 3.54. The molecule has 1 aromatic carbocycles. The third-order valence-corrected chi connectivity index (χ3v) is 4.10. The molecule has 18 heavy (non-hydrogen) atoms. The minimum Gasteiger partial charge on any atom is -0.326 e. The van der Waals surface area contributed by atoms with Crippen molar-refractivity contribution in [3.63, 3.8) is 0 Å². The van der Waals surface area contributed by atoms with Crippen LogP contribution in [0.25, 0.3) is 0 Å². The van der Waals surface area contributed by atoms with Crippen molar-refractivity contribution in [1.82, 2.24) is 0 Å². The largest absolute Gasteiger partial charge is 0.326 e. The second-order valence-corrected chi connectivity index (χ2v) is 5.90. The van der Waals surface area contributed by atoms with Crippen molar-refractivity contribution in [3.8, 4) is 0 Å². The predicted octanol–water partition coefficient (Wildman–Crippen LogP) is 4.00. The van der Waals surface area contributed by atoms with E-state index in [0.29, 0.717) is 5.92 Å². The lowest BCUT2D eigenvalue weighted by Crippen LogP contribution is -2.21. The maximum absolute atomic E-state index is 12.0. The van der Waals surface area contributed by atoms with Gasteiger partial charge in [0.25, 0.3) is 0 Å². The number of benzene rings is 1. The number of halogens is 1. The van der Waals surface area contributed by atoms with Crippen LogP contribution in [0.1, 0.15) is 31.7 Å². The highest BCUT2D eigenvalue weighted by Crippen LogP contribution is 2.37. The van der Waals surface area contributed by atoms with E-state index < -0.39 is 0 Å². The van der Waals surface area contributed by atoms with E-state index in [-0.39, 0.29) is 11.8 Å². The molecule has 98 valence electrons. The van der Waals surface area contributed by atoms with Crippen LogP contribution in [0.3, 0.4) is 0 Å². The lowest BCUT2D eigenvalue weighted by atomic mass is 10.1. The molecule has 0 radical (unpaired) electrons. The van der Waals surface area contributed by atoms with Crippen LogP contribution >= 0.6 is 15.9 Å². The zero-order valence-electron chi connectivity index (χ0n) is 10.8. The molecule has 0 heterocycles. The zero-order valence-corrected chi connectivity index (χ0v) is 12.4. The topological polar surface area (TPSA) is 29.1 Å². The number of carbonyl (C=O) groups is 1. The van der Waals surface area contributed by atoms with Crippen molar-refractivity contribution in [2.75, 3.05) is 10.6 Å². The average Bonchev–Trinajstić information content (AvgIpc) is 3.20. The van der Waals surface area contributed by atoms with Crippen molar-refractivity contribution in [2.45, 2.75) is 32.6 Å². The average molecular weight is 310 g/mol. The Morgan fingerprint density at radius 2 is 2.28 bits per heavy atom. The van der Waals surface area contributed by atoms with E-state index >= 15 is 0 Å². The minimum absolute atomic E-state index is 0.149. The smallest absolute Gasteiger partial charge is 0.227 e. The second-order valence-electron chi connectivity index (χ2n) is 5.11. The number of hydrogen-bond acceptors (Lipinski definition) is 1. The fourth-order valence-electron chi connectivity index (χ4n) is 2.14. The van der Waals surface area contributed by atoms with E-state index in [2.05, 4.69) is 33.4 Å². The maximum atomic E-state index is 12.0. The lowest BCUT2D eigenvalue weighted by Gasteiger charge is -2.12. The quantitative estimate of drug-likeness (QED) is 0.791. The molecule has 0 bridgehead atoms. The summed E-state index contributed by atoms with van der Waals surface area (Å²) in [5.41, 5.74) is 2.21. The van der Waals surface area contributed by atoms with Gasteiger partial charge in [-0.05, 0) is 49.3 Å². The van der Waals surface area contributed by atoms with E-state index in [1.54, 1.807) is 0 Å². The van der Waals surface area contributed by atoms with E-state index in [1.807, 2.05) is 19.1 Å². The molecule has 1 saturated carbocycles. The predicted molar refractivity (Wildman–Crippen MR) is 79.1 cm³/mol. The molecule has 1 N–H and O–H groups in total. The highest BCUT2D eigenvalue weighted by molar-refractivity contribution is 9.09. The number of hydrogen-bond donors (Lipinski definition) is 1. The van der Waals surface area contributed by atoms with Gasteiger partial charge in [-0.15, -0.1) is 0 Å². The van der Waals surface area contributed by atoms with Crippen LogP contribution in [0, 0.1) is 11.8 Å². The summed E-state index contributed by atoms with van der Waals surface area (Å²) in [7, 11) is 0. The Kier molecular flexibility index (Phi) is 4.81. The minimum atomic E-state index is 0.149. The van der Waals surface area contributed by atoms with Crippen molar-refractivity contribution in [3.05, 3.63) is 29.8 Å². The van der Waals surface area contributed by atoms with Crippen LogP contribution in [0.5, 0.6) is 0 Å². The first-order valence-corrected chi connectivity index (χ1v) is 7.78. The summed E-state index contributed by atoms with van der Waals surface area (Å²) >= 11 is 3.44. The molecular weight excluding hydrogens is 290 g/mol. The Bertz CT molecular complexity index is 415. The van der Waals surface area contributed by atoms with E-state index in [4.69, 9.17) is 0 Å². The molecule has 3 heteroatoms. The van der Waals surface area contributed by atoms with Crippen LogP contribution < -0.4 is 5.32 Å². The van der Waals surface area contributed by atoms with Gasteiger partial charge in [-0.2, -0.15) is 0 Å². The Morgan fingerprint density at radius 1 is 1.50 bits per heavy atom. The van der Waals surface area contributed by atoms with Gasteiger partial charge in [-0.1, -0.05) is 35.0 Å². The molecule has 1 unspecified atom stereocenters. The fourth-order valence-corrected chi connectivity index (χ4v) is 2.42.